The predicted octanol–water partition coefficient (Wildman–Crippen LogP) is 4.72. The molecule has 1 aromatic heterocycles. The molecular weight excluding hydrogens is 314 g/mol. The Balaban J connectivity index is 1.97. The third-order valence-corrected chi connectivity index (χ3v) is 3.60. The first kappa shape index (κ1) is 18.8. The topological polar surface area (TPSA) is 63.2 Å². The number of unbranched alkanes of at least 4 members (excludes halogenated alkanes) is 2. The molecule has 1 amide bonds. The number of aromatic nitrogens is 1. The van der Waals surface area contributed by atoms with Crippen LogP contribution in [0.2, 0.25) is 0 Å². The van der Waals surface area contributed by atoms with Gasteiger partial charge in [-0.2, -0.15) is 0 Å². The molecule has 2 N–H and O–H groups in total. The molecule has 0 aliphatic carbocycles. The number of amides is 1. The zero-order chi connectivity index (χ0) is 18.1. The van der Waals surface area contributed by atoms with E-state index in [1.54, 1.807) is 12.3 Å². The van der Waals surface area contributed by atoms with Crippen molar-refractivity contribution in [3.05, 3.63) is 48.3 Å². The van der Waals surface area contributed by atoms with Crippen molar-refractivity contribution >= 4 is 17.3 Å². The number of carbonyl (C=O) groups is 1. The lowest BCUT2D eigenvalue weighted by Gasteiger charge is -2.14. The molecule has 0 fully saturated rings. The van der Waals surface area contributed by atoms with E-state index >= 15 is 0 Å². The number of pyridine rings is 1. The Kier molecular flexibility index (Phi) is 7.26. The SMILES string of the molecule is CCCCCNc1ccc(C(=O)Nc2ccccc2OC(C)C)nc1. The lowest BCUT2D eigenvalue weighted by molar-refractivity contribution is 0.102. The smallest absolute Gasteiger partial charge is 0.274 e. The highest BCUT2D eigenvalue weighted by molar-refractivity contribution is 6.03. The summed E-state index contributed by atoms with van der Waals surface area (Å²) in [7, 11) is 0. The Morgan fingerprint density at radius 3 is 2.64 bits per heavy atom. The average Bonchev–Trinajstić information content (AvgIpc) is 2.60. The highest BCUT2D eigenvalue weighted by Crippen LogP contribution is 2.25. The second-order valence-electron chi connectivity index (χ2n) is 6.18. The van der Waals surface area contributed by atoms with Crippen LogP contribution >= 0.6 is 0 Å². The quantitative estimate of drug-likeness (QED) is 0.648. The van der Waals surface area contributed by atoms with Gasteiger partial charge >= 0.3 is 0 Å². The monoisotopic (exact) mass is 341 g/mol. The van der Waals surface area contributed by atoms with E-state index in [1.165, 1.54) is 12.8 Å². The number of carbonyl (C=O) groups excluding carboxylic acids is 1. The van der Waals surface area contributed by atoms with Crippen molar-refractivity contribution in [1.82, 2.24) is 4.98 Å². The Hall–Kier alpha value is -2.56. The van der Waals surface area contributed by atoms with E-state index in [0.717, 1.165) is 18.7 Å². The number of ether oxygens (including phenoxy) is 1. The van der Waals surface area contributed by atoms with E-state index in [4.69, 9.17) is 4.74 Å². The van der Waals surface area contributed by atoms with Crippen molar-refractivity contribution in [2.24, 2.45) is 0 Å². The molecule has 2 rings (SSSR count). The third-order valence-electron chi connectivity index (χ3n) is 3.60. The fraction of sp³-hybridized carbons (Fsp3) is 0.400. The molecule has 0 atom stereocenters. The number of benzene rings is 1. The molecule has 0 aliphatic rings. The van der Waals surface area contributed by atoms with Crippen molar-refractivity contribution in [1.29, 1.82) is 0 Å². The fourth-order valence-electron chi connectivity index (χ4n) is 2.35. The Morgan fingerprint density at radius 2 is 1.96 bits per heavy atom. The second kappa shape index (κ2) is 9.67. The summed E-state index contributed by atoms with van der Waals surface area (Å²) in [6, 6.07) is 11.0. The lowest BCUT2D eigenvalue weighted by atomic mass is 10.2. The molecule has 0 unspecified atom stereocenters. The second-order valence-corrected chi connectivity index (χ2v) is 6.18. The first-order chi connectivity index (χ1) is 12.1. The highest BCUT2D eigenvalue weighted by atomic mass is 16.5. The van der Waals surface area contributed by atoms with Crippen LogP contribution in [0.15, 0.2) is 42.6 Å². The zero-order valence-corrected chi connectivity index (χ0v) is 15.2. The van der Waals surface area contributed by atoms with Gasteiger partial charge in [0, 0.05) is 6.54 Å². The summed E-state index contributed by atoms with van der Waals surface area (Å²) < 4.78 is 5.72. The van der Waals surface area contributed by atoms with Gasteiger partial charge in [-0.25, -0.2) is 4.98 Å². The summed E-state index contributed by atoms with van der Waals surface area (Å²) in [4.78, 5) is 16.7. The van der Waals surface area contributed by atoms with Crippen LogP contribution in [0.5, 0.6) is 5.75 Å². The number of para-hydroxylation sites is 2. The average molecular weight is 341 g/mol. The fourth-order valence-corrected chi connectivity index (χ4v) is 2.35. The Labute approximate surface area is 149 Å². The van der Waals surface area contributed by atoms with E-state index in [1.807, 2.05) is 44.2 Å². The predicted molar refractivity (Wildman–Crippen MR) is 102 cm³/mol. The molecule has 0 saturated heterocycles. The van der Waals surface area contributed by atoms with E-state index in [2.05, 4.69) is 22.5 Å². The minimum absolute atomic E-state index is 0.0363. The lowest BCUT2D eigenvalue weighted by Crippen LogP contribution is -2.15. The number of hydrogen-bond acceptors (Lipinski definition) is 4. The van der Waals surface area contributed by atoms with Gasteiger partial charge in [-0.1, -0.05) is 31.9 Å². The molecule has 5 heteroatoms. The van der Waals surface area contributed by atoms with Crippen LogP contribution in [0.1, 0.15) is 50.5 Å². The summed E-state index contributed by atoms with van der Waals surface area (Å²) >= 11 is 0. The van der Waals surface area contributed by atoms with E-state index in [0.29, 0.717) is 17.1 Å². The molecule has 25 heavy (non-hydrogen) atoms. The minimum Gasteiger partial charge on any atom is -0.489 e. The van der Waals surface area contributed by atoms with Crippen LogP contribution in [0.25, 0.3) is 0 Å². The molecule has 2 aromatic rings. The van der Waals surface area contributed by atoms with Crippen molar-refractivity contribution in [3.8, 4) is 5.75 Å². The van der Waals surface area contributed by atoms with Gasteiger partial charge in [0.1, 0.15) is 11.4 Å². The number of nitrogens with zero attached hydrogens (tertiary/aromatic N) is 1. The van der Waals surface area contributed by atoms with Crippen LogP contribution in [0, 0.1) is 0 Å². The minimum atomic E-state index is -0.252. The summed E-state index contributed by atoms with van der Waals surface area (Å²) in [5.74, 6) is 0.400. The summed E-state index contributed by atoms with van der Waals surface area (Å²) in [5.41, 5.74) is 1.94. The number of hydrogen-bond donors (Lipinski definition) is 2. The van der Waals surface area contributed by atoms with Gasteiger partial charge in [0.2, 0.25) is 0 Å². The normalized spacial score (nSPS) is 10.6. The van der Waals surface area contributed by atoms with Crippen molar-refractivity contribution in [2.75, 3.05) is 17.2 Å². The van der Waals surface area contributed by atoms with Gasteiger partial charge in [0.15, 0.2) is 0 Å². The third kappa shape index (κ3) is 6.10. The van der Waals surface area contributed by atoms with Crippen LogP contribution < -0.4 is 15.4 Å². The molecule has 0 saturated carbocycles. The van der Waals surface area contributed by atoms with Crippen LogP contribution in [-0.2, 0) is 0 Å². The standard InChI is InChI=1S/C20H27N3O2/c1-4-5-8-13-21-16-11-12-18(22-14-16)20(24)23-17-9-6-7-10-19(17)25-15(2)3/h6-7,9-12,14-15,21H,4-5,8,13H2,1-3H3,(H,23,24). The van der Waals surface area contributed by atoms with Gasteiger partial charge in [-0.15, -0.1) is 0 Å². The molecule has 1 heterocycles. The van der Waals surface area contributed by atoms with Crippen molar-refractivity contribution < 1.29 is 9.53 Å². The molecule has 0 aliphatic heterocycles. The largest absolute Gasteiger partial charge is 0.489 e. The molecule has 0 spiro atoms. The molecule has 0 radical (unpaired) electrons. The van der Waals surface area contributed by atoms with Gasteiger partial charge < -0.3 is 15.4 Å². The van der Waals surface area contributed by atoms with Crippen LogP contribution in [0.3, 0.4) is 0 Å². The summed E-state index contributed by atoms with van der Waals surface area (Å²) in [6.07, 6.45) is 5.26. The van der Waals surface area contributed by atoms with E-state index in [-0.39, 0.29) is 12.0 Å². The van der Waals surface area contributed by atoms with Gasteiger partial charge in [-0.05, 0) is 44.5 Å². The Morgan fingerprint density at radius 1 is 1.16 bits per heavy atom. The maximum atomic E-state index is 12.4. The first-order valence-electron chi connectivity index (χ1n) is 8.87. The van der Waals surface area contributed by atoms with Crippen molar-refractivity contribution in [2.45, 2.75) is 46.1 Å². The zero-order valence-electron chi connectivity index (χ0n) is 15.2. The van der Waals surface area contributed by atoms with Crippen LogP contribution in [0.4, 0.5) is 11.4 Å². The molecule has 5 nitrogen and oxygen atoms in total. The Bertz CT molecular complexity index is 669. The summed E-state index contributed by atoms with van der Waals surface area (Å²) in [6.45, 7) is 7.00. The number of rotatable bonds is 9. The van der Waals surface area contributed by atoms with Gasteiger partial charge in [0.25, 0.3) is 5.91 Å². The highest BCUT2D eigenvalue weighted by Gasteiger charge is 2.11. The molecule has 0 bridgehead atoms. The first-order valence-corrected chi connectivity index (χ1v) is 8.87. The summed E-state index contributed by atoms with van der Waals surface area (Å²) in [5, 5.41) is 6.18. The number of nitrogens with one attached hydrogen (secondary N) is 2. The van der Waals surface area contributed by atoms with Crippen LogP contribution in [-0.4, -0.2) is 23.5 Å². The number of anilines is 2. The maximum absolute atomic E-state index is 12.4. The molecule has 1 aromatic carbocycles. The van der Waals surface area contributed by atoms with Crippen molar-refractivity contribution in [3.63, 3.8) is 0 Å². The molecular formula is C20H27N3O2. The van der Waals surface area contributed by atoms with E-state index in [9.17, 15) is 4.79 Å². The van der Waals surface area contributed by atoms with Gasteiger partial charge in [-0.3, -0.25) is 4.79 Å². The maximum Gasteiger partial charge on any atom is 0.274 e. The molecule has 134 valence electrons. The van der Waals surface area contributed by atoms with Gasteiger partial charge in [0.05, 0.1) is 23.7 Å². The van der Waals surface area contributed by atoms with E-state index < -0.39 is 0 Å².